The number of ether oxygens (including phenoxy) is 1. The summed E-state index contributed by atoms with van der Waals surface area (Å²) < 4.78 is 38.0. The Labute approximate surface area is 179 Å². The molecular formula is C21H24F2N6OSi. The second-order valence-corrected chi connectivity index (χ2v) is 14.2. The van der Waals surface area contributed by atoms with Gasteiger partial charge in [-0.15, -0.1) is 10.2 Å². The van der Waals surface area contributed by atoms with Crippen LogP contribution in [0.3, 0.4) is 0 Å². The summed E-state index contributed by atoms with van der Waals surface area (Å²) in [7, 11) is -1.17. The number of fused-ring (bicyclic) bond motifs is 1. The van der Waals surface area contributed by atoms with Gasteiger partial charge in [-0.05, 0) is 24.2 Å². The summed E-state index contributed by atoms with van der Waals surface area (Å²) in [5.74, 6) is -0.902. The van der Waals surface area contributed by atoms with Gasteiger partial charge in [0.15, 0.2) is 11.6 Å². The Morgan fingerprint density at radius 1 is 1.10 bits per heavy atom. The molecule has 0 amide bonds. The molecule has 7 nitrogen and oxygen atoms in total. The van der Waals surface area contributed by atoms with Gasteiger partial charge in [-0.3, -0.25) is 4.57 Å². The number of aromatic nitrogens is 5. The van der Waals surface area contributed by atoms with Crippen molar-refractivity contribution in [3.63, 3.8) is 0 Å². The van der Waals surface area contributed by atoms with Gasteiger partial charge in [0.05, 0.1) is 16.8 Å². The predicted molar refractivity (Wildman–Crippen MR) is 118 cm³/mol. The summed E-state index contributed by atoms with van der Waals surface area (Å²) in [5.41, 5.74) is 7.02. The molecule has 4 aromatic rings. The molecule has 0 atom stereocenters. The van der Waals surface area contributed by atoms with Gasteiger partial charge < -0.3 is 14.9 Å². The number of nitrogens with two attached hydrogens (primary N) is 1. The molecule has 10 heteroatoms. The van der Waals surface area contributed by atoms with Crippen LogP contribution < -0.4 is 5.73 Å². The van der Waals surface area contributed by atoms with Crippen molar-refractivity contribution in [3.05, 3.63) is 54.8 Å². The SMILES string of the molecule is C[Si](C)(C)CCOCn1cnnc1-c1ncn2cc(-c3c(F)ccc(N)c3F)ccc12. The summed E-state index contributed by atoms with van der Waals surface area (Å²) in [6.45, 7) is 7.90. The first-order valence-corrected chi connectivity index (χ1v) is 13.6. The number of nitrogens with zero attached hydrogens (tertiary/aromatic N) is 5. The van der Waals surface area contributed by atoms with Crippen LogP contribution in [0.25, 0.3) is 28.2 Å². The topological polar surface area (TPSA) is 83.3 Å². The van der Waals surface area contributed by atoms with E-state index in [0.717, 1.165) is 17.6 Å². The number of hydrogen-bond acceptors (Lipinski definition) is 5. The standard InChI is InChI=1S/C21H24F2N6OSi/c1-31(2,3)9-8-30-13-29-12-26-27-21(29)20-17-7-4-14(10-28(17)11-25-20)18-15(22)5-6-16(24)19(18)23/h4-7,10-12H,8-9,13,24H2,1-3H3. The predicted octanol–water partition coefficient (Wildman–Crippen LogP) is 4.43. The van der Waals surface area contributed by atoms with E-state index < -0.39 is 19.7 Å². The van der Waals surface area contributed by atoms with E-state index in [2.05, 4.69) is 34.8 Å². The van der Waals surface area contributed by atoms with E-state index in [1.54, 1.807) is 40.0 Å². The molecule has 162 valence electrons. The lowest BCUT2D eigenvalue weighted by Crippen LogP contribution is -2.22. The van der Waals surface area contributed by atoms with E-state index >= 15 is 0 Å². The van der Waals surface area contributed by atoms with Crippen molar-refractivity contribution in [1.82, 2.24) is 24.1 Å². The molecule has 3 heterocycles. The van der Waals surface area contributed by atoms with Crippen LogP contribution in [-0.4, -0.2) is 38.8 Å². The molecule has 2 N–H and O–H groups in total. The van der Waals surface area contributed by atoms with Gasteiger partial charge in [0, 0.05) is 26.4 Å². The molecule has 0 aliphatic rings. The van der Waals surface area contributed by atoms with Gasteiger partial charge in [0.2, 0.25) is 0 Å². The highest BCUT2D eigenvalue weighted by Crippen LogP contribution is 2.31. The fraction of sp³-hybridized carbons (Fsp3) is 0.286. The van der Waals surface area contributed by atoms with Crippen LogP contribution in [0.1, 0.15) is 0 Å². The lowest BCUT2D eigenvalue weighted by atomic mass is 10.0. The molecule has 0 saturated heterocycles. The summed E-state index contributed by atoms with van der Waals surface area (Å²) in [4.78, 5) is 4.44. The van der Waals surface area contributed by atoms with Crippen LogP contribution in [0.5, 0.6) is 0 Å². The van der Waals surface area contributed by atoms with Crippen molar-refractivity contribution in [2.75, 3.05) is 12.3 Å². The van der Waals surface area contributed by atoms with Crippen molar-refractivity contribution >= 4 is 19.3 Å². The number of benzene rings is 1. The highest BCUT2D eigenvalue weighted by molar-refractivity contribution is 6.76. The zero-order chi connectivity index (χ0) is 22.2. The molecule has 0 saturated carbocycles. The molecule has 0 fully saturated rings. The van der Waals surface area contributed by atoms with Crippen molar-refractivity contribution in [1.29, 1.82) is 0 Å². The highest BCUT2D eigenvalue weighted by atomic mass is 28.3. The highest BCUT2D eigenvalue weighted by Gasteiger charge is 2.18. The average molecular weight is 443 g/mol. The molecular weight excluding hydrogens is 418 g/mol. The lowest BCUT2D eigenvalue weighted by molar-refractivity contribution is 0.0880. The monoisotopic (exact) mass is 442 g/mol. The third kappa shape index (κ3) is 4.35. The fourth-order valence-corrected chi connectivity index (χ4v) is 3.98. The van der Waals surface area contributed by atoms with Crippen molar-refractivity contribution in [2.45, 2.75) is 32.4 Å². The van der Waals surface area contributed by atoms with Crippen molar-refractivity contribution in [3.8, 4) is 22.6 Å². The minimum Gasteiger partial charge on any atom is -0.396 e. The Hall–Kier alpha value is -3.11. The number of nitrogen functional groups attached to an aromatic ring is 1. The van der Waals surface area contributed by atoms with E-state index in [1.165, 1.54) is 6.07 Å². The molecule has 31 heavy (non-hydrogen) atoms. The number of pyridine rings is 1. The number of rotatable bonds is 7. The van der Waals surface area contributed by atoms with Gasteiger partial charge in [-0.2, -0.15) is 0 Å². The van der Waals surface area contributed by atoms with Crippen LogP contribution in [0.4, 0.5) is 14.5 Å². The van der Waals surface area contributed by atoms with Crippen molar-refractivity contribution in [2.24, 2.45) is 0 Å². The number of hydrogen-bond donors (Lipinski definition) is 1. The van der Waals surface area contributed by atoms with E-state index in [0.29, 0.717) is 30.4 Å². The van der Waals surface area contributed by atoms with Gasteiger partial charge >= 0.3 is 0 Å². The zero-order valence-corrected chi connectivity index (χ0v) is 18.6. The van der Waals surface area contributed by atoms with Gasteiger partial charge in [-0.1, -0.05) is 25.7 Å². The maximum absolute atomic E-state index is 14.4. The van der Waals surface area contributed by atoms with E-state index in [9.17, 15) is 8.78 Å². The van der Waals surface area contributed by atoms with Crippen LogP contribution in [0.2, 0.25) is 25.7 Å². The van der Waals surface area contributed by atoms with Crippen molar-refractivity contribution < 1.29 is 13.5 Å². The summed E-state index contributed by atoms with van der Waals surface area (Å²) >= 11 is 0. The molecule has 3 aromatic heterocycles. The first-order chi connectivity index (χ1) is 14.7. The smallest absolute Gasteiger partial charge is 0.186 e. The normalized spacial score (nSPS) is 12.0. The summed E-state index contributed by atoms with van der Waals surface area (Å²) in [5, 5.41) is 8.18. The van der Waals surface area contributed by atoms with E-state index in [-0.39, 0.29) is 11.3 Å². The molecule has 1 aromatic carbocycles. The maximum Gasteiger partial charge on any atom is 0.186 e. The molecule has 0 aliphatic heterocycles. The molecule has 0 bridgehead atoms. The third-order valence-electron chi connectivity index (χ3n) is 4.99. The quantitative estimate of drug-likeness (QED) is 0.260. The van der Waals surface area contributed by atoms with Crippen LogP contribution in [-0.2, 0) is 11.5 Å². The molecule has 0 aliphatic carbocycles. The average Bonchev–Trinajstić information content (AvgIpc) is 3.34. The Bertz CT molecular complexity index is 1230. The summed E-state index contributed by atoms with van der Waals surface area (Å²) in [6, 6.07) is 6.80. The molecule has 0 unspecified atom stereocenters. The molecule has 0 spiro atoms. The minimum absolute atomic E-state index is 0.106. The Morgan fingerprint density at radius 2 is 1.90 bits per heavy atom. The Morgan fingerprint density at radius 3 is 2.68 bits per heavy atom. The second-order valence-electron chi connectivity index (χ2n) is 8.60. The summed E-state index contributed by atoms with van der Waals surface area (Å²) in [6.07, 6.45) is 4.78. The number of halogens is 2. The van der Waals surface area contributed by atoms with E-state index in [1.807, 2.05) is 0 Å². The van der Waals surface area contributed by atoms with Gasteiger partial charge in [0.25, 0.3) is 0 Å². The maximum atomic E-state index is 14.4. The fourth-order valence-electron chi connectivity index (χ4n) is 3.23. The third-order valence-corrected chi connectivity index (χ3v) is 6.70. The van der Waals surface area contributed by atoms with E-state index in [4.69, 9.17) is 10.5 Å². The molecule has 4 rings (SSSR count). The first kappa shape index (κ1) is 21.1. The van der Waals surface area contributed by atoms with Crippen LogP contribution >= 0.6 is 0 Å². The number of anilines is 1. The van der Waals surface area contributed by atoms with Gasteiger partial charge in [-0.25, -0.2) is 13.8 Å². The minimum atomic E-state index is -1.17. The number of imidazole rings is 1. The lowest BCUT2D eigenvalue weighted by Gasteiger charge is -2.15. The second kappa shape index (κ2) is 8.20. The Kier molecular flexibility index (Phi) is 5.59. The Balaban J connectivity index is 1.62. The molecule has 0 radical (unpaired) electrons. The van der Waals surface area contributed by atoms with Gasteiger partial charge in [0.1, 0.15) is 30.9 Å². The van der Waals surface area contributed by atoms with Crippen LogP contribution in [0.15, 0.2) is 43.1 Å². The largest absolute Gasteiger partial charge is 0.396 e. The first-order valence-electron chi connectivity index (χ1n) is 9.91. The zero-order valence-electron chi connectivity index (χ0n) is 17.6. The van der Waals surface area contributed by atoms with Crippen LogP contribution in [0, 0.1) is 11.6 Å².